The van der Waals surface area contributed by atoms with Crippen LogP contribution in [0.4, 0.5) is 24.5 Å². The van der Waals surface area contributed by atoms with Gasteiger partial charge in [0.15, 0.2) is 0 Å². The molecule has 0 radical (unpaired) electrons. The number of anilines is 1. The molecule has 0 aromatic carbocycles. The number of hydrogen-bond donors (Lipinski definition) is 2. The number of aromatic nitrogens is 1. The van der Waals surface area contributed by atoms with Crippen molar-refractivity contribution in [3.8, 4) is 0 Å². The quantitative estimate of drug-likeness (QED) is 0.655. The Morgan fingerprint density at radius 1 is 1.50 bits per heavy atom. The lowest BCUT2D eigenvalue weighted by atomic mass is 9.78. The van der Waals surface area contributed by atoms with E-state index in [0.717, 1.165) is 19.3 Å². The van der Waals surface area contributed by atoms with Crippen molar-refractivity contribution in [3.63, 3.8) is 0 Å². The third kappa shape index (κ3) is 2.98. The van der Waals surface area contributed by atoms with E-state index >= 15 is 0 Å². The summed E-state index contributed by atoms with van der Waals surface area (Å²) in [7, 11) is 0. The zero-order valence-corrected chi connectivity index (χ0v) is 10.4. The van der Waals surface area contributed by atoms with Crippen molar-refractivity contribution in [2.45, 2.75) is 31.0 Å². The molecule has 2 rings (SSSR count). The number of nitro groups is 1. The number of hydrogen-bond acceptors (Lipinski definition) is 5. The first kappa shape index (κ1) is 14.5. The van der Waals surface area contributed by atoms with Crippen LogP contribution in [-0.4, -0.2) is 22.0 Å². The van der Waals surface area contributed by atoms with Gasteiger partial charge in [0.25, 0.3) is 0 Å². The molecule has 0 unspecified atom stereocenters. The molecule has 1 aliphatic rings. The van der Waals surface area contributed by atoms with Gasteiger partial charge in [-0.2, -0.15) is 13.2 Å². The lowest BCUT2D eigenvalue weighted by Crippen LogP contribution is -2.52. The van der Waals surface area contributed by atoms with E-state index in [2.05, 4.69) is 10.3 Å². The van der Waals surface area contributed by atoms with Crippen LogP contribution in [0.3, 0.4) is 0 Å². The lowest BCUT2D eigenvalue weighted by molar-refractivity contribution is -0.384. The highest BCUT2D eigenvalue weighted by molar-refractivity contribution is 5.61. The molecule has 20 heavy (non-hydrogen) atoms. The predicted molar refractivity (Wildman–Crippen MR) is 65.2 cm³/mol. The maximum absolute atomic E-state index is 12.6. The Hall–Kier alpha value is -1.90. The van der Waals surface area contributed by atoms with Gasteiger partial charge >= 0.3 is 11.9 Å². The third-order valence-corrected chi connectivity index (χ3v) is 3.35. The molecular formula is C11H13F3N4O2. The summed E-state index contributed by atoms with van der Waals surface area (Å²) in [5, 5.41) is 13.4. The van der Waals surface area contributed by atoms with Gasteiger partial charge in [0.05, 0.1) is 4.92 Å². The van der Waals surface area contributed by atoms with Crippen molar-refractivity contribution < 1.29 is 18.1 Å². The highest BCUT2D eigenvalue weighted by Crippen LogP contribution is 2.34. The Kier molecular flexibility index (Phi) is 3.55. The zero-order chi connectivity index (χ0) is 15.0. The van der Waals surface area contributed by atoms with Gasteiger partial charge in [0.1, 0.15) is 17.6 Å². The Bertz CT molecular complexity index is 529. The van der Waals surface area contributed by atoms with E-state index in [0.29, 0.717) is 12.3 Å². The molecule has 0 amide bonds. The van der Waals surface area contributed by atoms with Gasteiger partial charge in [-0.25, -0.2) is 4.98 Å². The number of nitrogens with zero attached hydrogens (tertiary/aromatic N) is 2. The molecule has 1 aromatic heterocycles. The molecule has 0 saturated heterocycles. The SMILES string of the molecule is NC1(CNc2cc(C(F)(F)F)ncc2[N+](=O)[O-])CCC1. The van der Waals surface area contributed by atoms with Crippen molar-refractivity contribution in [1.82, 2.24) is 4.98 Å². The van der Waals surface area contributed by atoms with Crippen LogP contribution in [-0.2, 0) is 6.18 Å². The molecule has 1 saturated carbocycles. The van der Waals surface area contributed by atoms with Crippen molar-refractivity contribution in [2.75, 3.05) is 11.9 Å². The van der Waals surface area contributed by atoms with Gasteiger partial charge in [0, 0.05) is 12.1 Å². The molecule has 1 aromatic rings. The topological polar surface area (TPSA) is 94.1 Å². The molecule has 110 valence electrons. The summed E-state index contributed by atoms with van der Waals surface area (Å²) in [5.74, 6) is 0. The maximum atomic E-state index is 12.6. The molecule has 1 aliphatic carbocycles. The molecule has 1 heterocycles. The van der Waals surface area contributed by atoms with Gasteiger partial charge in [-0.1, -0.05) is 0 Å². The van der Waals surface area contributed by atoms with Gasteiger partial charge in [-0.15, -0.1) is 0 Å². The molecule has 0 aliphatic heterocycles. The second kappa shape index (κ2) is 4.89. The average molecular weight is 290 g/mol. The van der Waals surface area contributed by atoms with E-state index < -0.39 is 28.0 Å². The molecule has 6 nitrogen and oxygen atoms in total. The fourth-order valence-corrected chi connectivity index (χ4v) is 1.97. The zero-order valence-electron chi connectivity index (χ0n) is 10.4. The fraction of sp³-hybridized carbons (Fsp3) is 0.545. The summed E-state index contributed by atoms with van der Waals surface area (Å²) < 4.78 is 37.7. The highest BCUT2D eigenvalue weighted by atomic mass is 19.4. The minimum Gasteiger partial charge on any atom is -0.378 e. The van der Waals surface area contributed by atoms with Crippen LogP contribution in [0, 0.1) is 10.1 Å². The molecule has 9 heteroatoms. The Balaban J connectivity index is 2.25. The lowest BCUT2D eigenvalue weighted by Gasteiger charge is -2.38. The van der Waals surface area contributed by atoms with Crippen molar-refractivity contribution in [3.05, 3.63) is 28.1 Å². The smallest absolute Gasteiger partial charge is 0.378 e. The summed E-state index contributed by atoms with van der Waals surface area (Å²) in [4.78, 5) is 13.1. The van der Waals surface area contributed by atoms with E-state index in [1.54, 1.807) is 0 Å². The first-order valence-corrected chi connectivity index (χ1v) is 5.96. The molecule has 1 fully saturated rings. The Morgan fingerprint density at radius 2 is 2.15 bits per heavy atom. The van der Waals surface area contributed by atoms with Crippen molar-refractivity contribution in [2.24, 2.45) is 5.73 Å². The number of nitrogens with one attached hydrogen (secondary N) is 1. The number of nitrogens with two attached hydrogens (primary N) is 1. The maximum Gasteiger partial charge on any atom is 0.433 e. The molecule has 0 atom stereocenters. The standard InChI is InChI=1S/C11H13F3N4O2/c12-11(13,14)9-4-7(8(5-16-9)18(19)20)17-6-10(15)2-1-3-10/h4-5H,1-3,6,15H2,(H,16,17). The monoisotopic (exact) mass is 290 g/mol. The normalized spacial score (nSPS) is 17.4. The van der Waals surface area contributed by atoms with Crippen LogP contribution in [0.15, 0.2) is 12.3 Å². The van der Waals surface area contributed by atoms with Gasteiger partial charge in [0.2, 0.25) is 0 Å². The molecule has 0 bridgehead atoms. The van der Waals surface area contributed by atoms with Crippen LogP contribution in [0.25, 0.3) is 0 Å². The Labute approximate surface area is 112 Å². The summed E-state index contributed by atoms with van der Waals surface area (Å²) in [6.07, 6.45) is -1.61. The van der Waals surface area contributed by atoms with Crippen LogP contribution >= 0.6 is 0 Å². The van der Waals surface area contributed by atoms with E-state index in [9.17, 15) is 23.3 Å². The first-order chi connectivity index (χ1) is 9.21. The molecule has 3 N–H and O–H groups in total. The average Bonchev–Trinajstić information content (AvgIpc) is 2.32. The van der Waals surface area contributed by atoms with Gasteiger partial charge < -0.3 is 11.1 Å². The number of rotatable bonds is 4. The van der Waals surface area contributed by atoms with E-state index in [1.807, 2.05) is 0 Å². The largest absolute Gasteiger partial charge is 0.433 e. The van der Waals surface area contributed by atoms with Gasteiger partial charge in [-0.05, 0) is 25.3 Å². The number of halogens is 3. The highest BCUT2D eigenvalue weighted by Gasteiger charge is 2.36. The number of pyridine rings is 1. The van der Waals surface area contributed by atoms with Gasteiger partial charge in [-0.3, -0.25) is 10.1 Å². The number of alkyl halides is 3. The molecule has 0 spiro atoms. The fourth-order valence-electron chi connectivity index (χ4n) is 1.97. The van der Waals surface area contributed by atoms with Crippen LogP contribution < -0.4 is 11.1 Å². The minimum absolute atomic E-state index is 0.190. The van der Waals surface area contributed by atoms with Crippen molar-refractivity contribution in [1.29, 1.82) is 0 Å². The van der Waals surface area contributed by atoms with Crippen LogP contribution in [0.2, 0.25) is 0 Å². The minimum atomic E-state index is -4.65. The van der Waals surface area contributed by atoms with Crippen LogP contribution in [0.1, 0.15) is 25.0 Å². The summed E-state index contributed by atoms with van der Waals surface area (Å²) in [5.41, 5.74) is 3.54. The predicted octanol–water partition coefficient (Wildman–Crippen LogP) is 2.30. The second-order valence-electron chi connectivity index (χ2n) is 4.91. The summed E-state index contributed by atoms with van der Waals surface area (Å²) in [6.45, 7) is 0.190. The van der Waals surface area contributed by atoms with E-state index in [4.69, 9.17) is 5.73 Å². The third-order valence-electron chi connectivity index (χ3n) is 3.35. The van der Waals surface area contributed by atoms with Crippen LogP contribution in [0.5, 0.6) is 0 Å². The van der Waals surface area contributed by atoms with Crippen molar-refractivity contribution >= 4 is 11.4 Å². The first-order valence-electron chi connectivity index (χ1n) is 5.96. The Morgan fingerprint density at radius 3 is 2.60 bits per heavy atom. The van der Waals surface area contributed by atoms with E-state index in [1.165, 1.54) is 0 Å². The molecular weight excluding hydrogens is 277 g/mol. The van der Waals surface area contributed by atoms with E-state index in [-0.39, 0.29) is 12.2 Å². The summed E-state index contributed by atoms with van der Waals surface area (Å²) >= 11 is 0. The summed E-state index contributed by atoms with van der Waals surface area (Å²) in [6, 6.07) is 0.639. The second-order valence-corrected chi connectivity index (χ2v) is 4.91.